The number of rotatable bonds is 4. The molecule has 5 nitrogen and oxygen atoms in total. The molecule has 0 spiro atoms. The molecule has 2 rings (SSSR count). The number of carboxylic acids is 1. The van der Waals surface area contributed by atoms with Crippen LogP contribution >= 0.6 is 11.6 Å². The molecule has 6 heteroatoms. The Morgan fingerprint density at radius 1 is 1.33 bits per heavy atom. The normalized spacial score (nSPS) is 10.1. The Hall–Kier alpha value is -2.14. The number of ether oxygens (including phenoxy) is 1. The first-order chi connectivity index (χ1) is 8.66. The predicted octanol–water partition coefficient (Wildman–Crippen LogP) is 2.41. The van der Waals surface area contributed by atoms with Gasteiger partial charge in [0.05, 0.1) is 10.7 Å². The average Bonchev–Trinajstić information content (AvgIpc) is 2.38. The van der Waals surface area contributed by atoms with Crippen LogP contribution in [0.15, 0.2) is 36.5 Å². The number of carbonyl (C=O) groups is 1. The molecule has 0 saturated carbocycles. The molecule has 0 radical (unpaired) electrons. The third-order valence-electron chi connectivity index (χ3n) is 2.12. The van der Waals surface area contributed by atoms with Crippen LogP contribution in [0.5, 0.6) is 5.75 Å². The summed E-state index contributed by atoms with van der Waals surface area (Å²) < 4.78 is 5.44. The van der Waals surface area contributed by atoms with Crippen LogP contribution in [-0.4, -0.2) is 21.0 Å². The van der Waals surface area contributed by atoms with Gasteiger partial charge in [0, 0.05) is 6.20 Å². The molecule has 1 heterocycles. The maximum atomic E-state index is 10.7. The van der Waals surface area contributed by atoms with Crippen LogP contribution in [0.2, 0.25) is 5.02 Å². The van der Waals surface area contributed by atoms with Crippen molar-refractivity contribution in [3.8, 4) is 5.75 Å². The van der Waals surface area contributed by atoms with Gasteiger partial charge in [-0.2, -0.15) is 0 Å². The predicted molar refractivity (Wildman–Crippen MR) is 64.8 cm³/mol. The van der Waals surface area contributed by atoms with E-state index < -0.39 is 5.97 Å². The lowest BCUT2D eigenvalue weighted by molar-refractivity contribution is 0.0682. The minimum absolute atomic E-state index is 0.131. The minimum atomic E-state index is -1.17. The topological polar surface area (TPSA) is 72.3 Å². The molecule has 0 aliphatic rings. The Bertz CT molecular complexity index is 575. The first-order valence-corrected chi connectivity index (χ1v) is 5.47. The molecule has 0 atom stereocenters. The number of aromatic carboxylic acids is 1. The summed E-state index contributed by atoms with van der Waals surface area (Å²) in [6, 6.07) is 8.61. The molecule has 92 valence electrons. The van der Waals surface area contributed by atoms with Crippen LogP contribution < -0.4 is 4.74 Å². The highest BCUT2D eigenvalue weighted by atomic mass is 35.5. The Balaban J connectivity index is 2.09. The van der Waals surface area contributed by atoms with Crippen molar-refractivity contribution in [2.75, 3.05) is 0 Å². The lowest BCUT2D eigenvalue weighted by atomic mass is 10.3. The summed E-state index contributed by atoms with van der Waals surface area (Å²) in [5, 5.41) is 9.24. The van der Waals surface area contributed by atoms with E-state index in [9.17, 15) is 4.79 Å². The van der Waals surface area contributed by atoms with Gasteiger partial charge < -0.3 is 9.84 Å². The number of para-hydroxylation sites is 1. The van der Waals surface area contributed by atoms with Crippen molar-refractivity contribution >= 4 is 17.6 Å². The van der Waals surface area contributed by atoms with E-state index in [1.165, 1.54) is 6.20 Å². The lowest BCUT2D eigenvalue weighted by Crippen LogP contribution is -2.07. The highest BCUT2D eigenvalue weighted by molar-refractivity contribution is 6.32. The third-order valence-corrected chi connectivity index (χ3v) is 2.43. The van der Waals surface area contributed by atoms with Crippen LogP contribution in [0, 0.1) is 0 Å². The van der Waals surface area contributed by atoms with E-state index in [0.29, 0.717) is 16.5 Å². The zero-order valence-electron chi connectivity index (χ0n) is 9.21. The van der Waals surface area contributed by atoms with Gasteiger partial charge in [0.1, 0.15) is 12.4 Å². The zero-order valence-corrected chi connectivity index (χ0v) is 9.96. The molecule has 2 aromatic rings. The van der Waals surface area contributed by atoms with Crippen molar-refractivity contribution < 1.29 is 14.6 Å². The van der Waals surface area contributed by atoms with Gasteiger partial charge in [-0.15, -0.1) is 0 Å². The van der Waals surface area contributed by atoms with E-state index >= 15 is 0 Å². The van der Waals surface area contributed by atoms with E-state index in [4.69, 9.17) is 21.4 Å². The molecule has 1 N–H and O–H groups in total. The summed E-state index contributed by atoms with van der Waals surface area (Å²) in [5.41, 5.74) is 0.474. The fourth-order valence-corrected chi connectivity index (χ4v) is 1.48. The number of hydrogen-bond donors (Lipinski definition) is 1. The van der Waals surface area contributed by atoms with Crippen LogP contribution in [0.1, 0.15) is 16.3 Å². The Morgan fingerprint density at radius 2 is 2.11 bits per heavy atom. The maximum Gasteiger partial charge on any atom is 0.373 e. The molecule has 1 aromatic carbocycles. The van der Waals surface area contributed by atoms with E-state index in [1.807, 2.05) is 0 Å². The van der Waals surface area contributed by atoms with Crippen molar-refractivity contribution in [3.05, 3.63) is 53.1 Å². The molecular weight excluding hydrogens is 256 g/mol. The summed E-state index contributed by atoms with van der Waals surface area (Å²) in [6.07, 6.45) is 1.38. The summed E-state index contributed by atoms with van der Waals surface area (Å²) in [5.74, 6) is -0.903. The molecule has 0 amide bonds. The van der Waals surface area contributed by atoms with Crippen molar-refractivity contribution in [1.29, 1.82) is 0 Å². The number of aromatic nitrogens is 2. The molecule has 18 heavy (non-hydrogen) atoms. The van der Waals surface area contributed by atoms with Crippen molar-refractivity contribution in [1.82, 2.24) is 9.97 Å². The lowest BCUT2D eigenvalue weighted by Gasteiger charge is -2.07. The van der Waals surface area contributed by atoms with E-state index in [1.54, 1.807) is 30.3 Å². The zero-order chi connectivity index (χ0) is 13.0. The number of nitrogens with zero attached hydrogens (tertiary/aromatic N) is 2. The van der Waals surface area contributed by atoms with Gasteiger partial charge in [0.15, 0.2) is 0 Å². The van der Waals surface area contributed by atoms with Gasteiger partial charge in [0.2, 0.25) is 5.82 Å². The van der Waals surface area contributed by atoms with Crippen molar-refractivity contribution in [3.63, 3.8) is 0 Å². The molecule has 0 unspecified atom stereocenters. The van der Waals surface area contributed by atoms with Gasteiger partial charge in [-0.3, -0.25) is 0 Å². The maximum absolute atomic E-state index is 10.7. The van der Waals surface area contributed by atoms with Crippen LogP contribution in [-0.2, 0) is 6.61 Å². The second-order valence-corrected chi connectivity index (χ2v) is 3.80. The summed E-state index contributed by atoms with van der Waals surface area (Å²) >= 11 is 5.92. The van der Waals surface area contributed by atoms with Gasteiger partial charge in [-0.1, -0.05) is 23.7 Å². The summed E-state index contributed by atoms with van der Waals surface area (Å²) in [6.45, 7) is 0.131. The Labute approximate surface area is 108 Å². The highest BCUT2D eigenvalue weighted by Crippen LogP contribution is 2.23. The SMILES string of the molecule is O=C(O)c1nccc(COc2ccccc2Cl)n1. The fourth-order valence-electron chi connectivity index (χ4n) is 1.29. The van der Waals surface area contributed by atoms with Gasteiger partial charge in [-0.25, -0.2) is 14.8 Å². The Kier molecular flexibility index (Phi) is 3.74. The van der Waals surface area contributed by atoms with E-state index in [0.717, 1.165) is 0 Å². The van der Waals surface area contributed by atoms with Crippen molar-refractivity contribution in [2.24, 2.45) is 0 Å². The standard InChI is InChI=1S/C12H9ClN2O3/c13-9-3-1-2-4-10(9)18-7-8-5-6-14-11(15-8)12(16)17/h1-6H,7H2,(H,16,17). The first-order valence-electron chi connectivity index (χ1n) is 5.09. The van der Waals surface area contributed by atoms with Crippen LogP contribution in [0.25, 0.3) is 0 Å². The fraction of sp³-hybridized carbons (Fsp3) is 0.0833. The molecule has 0 fully saturated rings. The minimum Gasteiger partial charge on any atom is -0.486 e. The van der Waals surface area contributed by atoms with Crippen molar-refractivity contribution in [2.45, 2.75) is 6.61 Å². The first kappa shape index (κ1) is 12.3. The van der Waals surface area contributed by atoms with Gasteiger partial charge in [-0.05, 0) is 18.2 Å². The monoisotopic (exact) mass is 264 g/mol. The molecule has 0 saturated heterocycles. The second-order valence-electron chi connectivity index (χ2n) is 3.40. The molecule has 0 bridgehead atoms. The van der Waals surface area contributed by atoms with E-state index in [-0.39, 0.29) is 12.4 Å². The summed E-state index contributed by atoms with van der Waals surface area (Å²) in [4.78, 5) is 18.2. The molecule has 0 aliphatic carbocycles. The smallest absolute Gasteiger partial charge is 0.373 e. The summed E-state index contributed by atoms with van der Waals surface area (Å²) in [7, 11) is 0. The molecule has 0 aliphatic heterocycles. The number of benzene rings is 1. The van der Waals surface area contributed by atoms with Gasteiger partial charge >= 0.3 is 5.97 Å². The average molecular weight is 265 g/mol. The molecular formula is C12H9ClN2O3. The third kappa shape index (κ3) is 2.95. The quantitative estimate of drug-likeness (QED) is 0.918. The highest BCUT2D eigenvalue weighted by Gasteiger charge is 2.08. The van der Waals surface area contributed by atoms with Crippen LogP contribution in [0.4, 0.5) is 0 Å². The largest absolute Gasteiger partial charge is 0.486 e. The number of halogens is 1. The number of carboxylic acid groups (broad SMARTS) is 1. The van der Waals surface area contributed by atoms with Gasteiger partial charge in [0.25, 0.3) is 0 Å². The molecule has 1 aromatic heterocycles. The number of hydrogen-bond acceptors (Lipinski definition) is 4. The van der Waals surface area contributed by atoms with Crippen LogP contribution in [0.3, 0.4) is 0 Å². The van der Waals surface area contributed by atoms with E-state index in [2.05, 4.69) is 9.97 Å². The second kappa shape index (κ2) is 5.46. The Morgan fingerprint density at radius 3 is 2.83 bits per heavy atom.